The van der Waals surface area contributed by atoms with E-state index in [0.29, 0.717) is 5.69 Å². The minimum atomic E-state index is -1.11. The van der Waals surface area contributed by atoms with Crippen molar-refractivity contribution in [2.24, 2.45) is 0 Å². The van der Waals surface area contributed by atoms with Crippen molar-refractivity contribution in [2.45, 2.75) is 6.92 Å². The minimum absolute atomic E-state index is 0.0199. The fourth-order valence-electron chi connectivity index (χ4n) is 1.69. The van der Waals surface area contributed by atoms with Crippen LogP contribution in [-0.2, 0) is 0 Å². The molecular formula is C14H10ClIN2O3. The highest BCUT2D eigenvalue weighted by Crippen LogP contribution is 2.22. The van der Waals surface area contributed by atoms with Gasteiger partial charge in [0.2, 0.25) is 0 Å². The maximum absolute atomic E-state index is 12.2. The van der Waals surface area contributed by atoms with Crippen LogP contribution in [0, 0.1) is 10.5 Å². The van der Waals surface area contributed by atoms with E-state index in [-0.39, 0.29) is 21.8 Å². The summed E-state index contributed by atoms with van der Waals surface area (Å²) in [5.74, 6) is -1.62. The van der Waals surface area contributed by atoms with E-state index < -0.39 is 11.9 Å². The molecule has 0 aliphatic carbocycles. The Hall–Kier alpha value is -1.67. The molecule has 0 spiro atoms. The lowest BCUT2D eigenvalue weighted by Gasteiger charge is -2.10. The second kappa shape index (κ2) is 6.40. The Morgan fingerprint density at radius 3 is 2.62 bits per heavy atom. The van der Waals surface area contributed by atoms with E-state index in [1.165, 1.54) is 12.3 Å². The van der Waals surface area contributed by atoms with Crippen LogP contribution in [0.4, 0.5) is 5.69 Å². The Kier molecular flexibility index (Phi) is 4.79. The fourth-order valence-corrected chi connectivity index (χ4v) is 2.47. The first-order valence-corrected chi connectivity index (χ1v) is 7.30. The molecule has 108 valence electrons. The Bertz CT molecular complexity index is 734. The van der Waals surface area contributed by atoms with Crippen LogP contribution < -0.4 is 5.32 Å². The largest absolute Gasteiger partial charge is 0.478 e. The SMILES string of the molecule is Cc1cc(Cl)c(C(=O)Nc2ccc(I)cc2C(=O)O)cn1. The van der Waals surface area contributed by atoms with Gasteiger partial charge in [0, 0.05) is 15.5 Å². The number of aromatic nitrogens is 1. The maximum atomic E-state index is 12.2. The minimum Gasteiger partial charge on any atom is -0.478 e. The molecule has 1 amide bonds. The highest BCUT2D eigenvalue weighted by Gasteiger charge is 2.16. The van der Waals surface area contributed by atoms with Gasteiger partial charge in [0.15, 0.2) is 0 Å². The molecule has 7 heteroatoms. The number of hydrogen-bond donors (Lipinski definition) is 2. The summed E-state index contributed by atoms with van der Waals surface area (Å²) in [7, 11) is 0. The van der Waals surface area contributed by atoms with Gasteiger partial charge in [-0.2, -0.15) is 0 Å². The van der Waals surface area contributed by atoms with E-state index in [9.17, 15) is 14.7 Å². The summed E-state index contributed by atoms with van der Waals surface area (Å²) in [4.78, 5) is 27.4. The summed E-state index contributed by atoms with van der Waals surface area (Å²) >= 11 is 8.00. The maximum Gasteiger partial charge on any atom is 0.337 e. The molecule has 0 saturated carbocycles. The molecular weight excluding hydrogens is 407 g/mol. The molecule has 5 nitrogen and oxygen atoms in total. The van der Waals surface area contributed by atoms with Gasteiger partial charge in [-0.15, -0.1) is 0 Å². The Labute approximate surface area is 139 Å². The van der Waals surface area contributed by atoms with Crippen molar-refractivity contribution in [2.75, 3.05) is 5.32 Å². The van der Waals surface area contributed by atoms with Crippen LogP contribution in [-0.4, -0.2) is 22.0 Å². The van der Waals surface area contributed by atoms with Crippen LogP contribution >= 0.6 is 34.2 Å². The van der Waals surface area contributed by atoms with Crippen molar-refractivity contribution < 1.29 is 14.7 Å². The second-order valence-electron chi connectivity index (χ2n) is 4.25. The molecule has 1 heterocycles. The zero-order valence-electron chi connectivity index (χ0n) is 10.9. The molecule has 0 bridgehead atoms. The average molecular weight is 417 g/mol. The first kappa shape index (κ1) is 15.7. The number of benzene rings is 1. The van der Waals surface area contributed by atoms with Crippen molar-refractivity contribution in [3.05, 3.63) is 55.9 Å². The Morgan fingerprint density at radius 1 is 1.29 bits per heavy atom. The van der Waals surface area contributed by atoms with Crippen LogP contribution in [0.15, 0.2) is 30.5 Å². The van der Waals surface area contributed by atoms with Crippen molar-refractivity contribution >= 4 is 51.8 Å². The van der Waals surface area contributed by atoms with E-state index in [4.69, 9.17) is 11.6 Å². The van der Waals surface area contributed by atoms with Gasteiger partial charge in [0.1, 0.15) is 0 Å². The van der Waals surface area contributed by atoms with Crippen LogP contribution in [0.3, 0.4) is 0 Å². The zero-order chi connectivity index (χ0) is 15.6. The molecule has 21 heavy (non-hydrogen) atoms. The molecule has 0 aliphatic heterocycles. The number of aryl methyl sites for hydroxylation is 1. The summed E-state index contributed by atoms with van der Waals surface area (Å²) in [6.07, 6.45) is 1.36. The van der Waals surface area contributed by atoms with E-state index in [1.807, 2.05) is 22.6 Å². The predicted octanol–water partition coefficient (Wildman–Crippen LogP) is 3.60. The summed E-state index contributed by atoms with van der Waals surface area (Å²) in [6.45, 7) is 1.76. The molecule has 0 aliphatic rings. The quantitative estimate of drug-likeness (QED) is 0.750. The number of hydrogen-bond acceptors (Lipinski definition) is 3. The molecule has 0 unspecified atom stereocenters. The number of rotatable bonds is 3. The van der Waals surface area contributed by atoms with Crippen molar-refractivity contribution in [3.63, 3.8) is 0 Å². The number of nitrogens with zero attached hydrogens (tertiary/aromatic N) is 1. The van der Waals surface area contributed by atoms with Gasteiger partial charge in [0.05, 0.1) is 21.8 Å². The third kappa shape index (κ3) is 3.70. The monoisotopic (exact) mass is 416 g/mol. The number of pyridine rings is 1. The smallest absolute Gasteiger partial charge is 0.337 e. The number of carbonyl (C=O) groups is 2. The third-order valence-corrected chi connectivity index (χ3v) is 3.68. The average Bonchev–Trinajstić information content (AvgIpc) is 2.40. The Balaban J connectivity index is 2.34. The molecule has 1 aromatic carbocycles. The molecule has 0 radical (unpaired) electrons. The summed E-state index contributed by atoms with van der Waals surface area (Å²) in [5, 5.41) is 12.0. The highest BCUT2D eigenvalue weighted by atomic mass is 127. The molecule has 2 aromatic rings. The molecule has 2 rings (SSSR count). The van der Waals surface area contributed by atoms with Gasteiger partial charge in [-0.05, 0) is 53.8 Å². The number of carboxylic acids is 1. The highest BCUT2D eigenvalue weighted by molar-refractivity contribution is 14.1. The van der Waals surface area contributed by atoms with Gasteiger partial charge >= 0.3 is 5.97 Å². The van der Waals surface area contributed by atoms with Crippen molar-refractivity contribution in [1.82, 2.24) is 4.98 Å². The number of anilines is 1. The lowest BCUT2D eigenvalue weighted by molar-refractivity contribution is 0.0698. The summed E-state index contributed by atoms with van der Waals surface area (Å²) < 4.78 is 0.762. The first-order valence-electron chi connectivity index (χ1n) is 5.85. The topological polar surface area (TPSA) is 79.3 Å². The molecule has 1 aromatic heterocycles. The zero-order valence-corrected chi connectivity index (χ0v) is 13.8. The van der Waals surface area contributed by atoms with E-state index in [0.717, 1.165) is 3.57 Å². The predicted molar refractivity (Wildman–Crippen MR) is 88.1 cm³/mol. The van der Waals surface area contributed by atoms with E-state index in [1.54, 1.807) is 25.1 Å². The number of halogens is 2. The third-order valence-electron chi connectivity index (χ3n) is 2.70. The first-order chi connectivity index (χ1) is 9.88. The van der Waals surface area contributed by atoms with Crippen LogP contribution in [0.5, 0.6) is 0 Å². The normalized spacial score (nSPS) is 10.2. The number of carbonyl (C=O) groups excluding carboxylic acids is 1. The molecule has 0 saturated heterocycles. The lowest BCUT2D eigenvalue weighted by Crippen LogP contribution is -2.15. The van der Waals surface area contributed by atoms with Gasteiger partial charge in [-0.1, -0.05) is 11.6 Å². The van der Waals surface area contributed by atoms with Crippen molar-refractivity contribution in [3.8, 4) is 0 Å². The van der Waals surface area contributed by atoms with Gasteiger partial charge in [-0.3, -0.25) is 9.78 Å². The summed E-state index contributed by atoms with van der Waals surface area (Å²) in [6, 6.07) is 6.30. The van der Waals surface area contributed by atoms with Gasteiger partial charge < -0.3 is 10.4 Å². The standard InChI is InChI=1S/C14H10ClIN2O3/c1-7-4-11(15)10(6-17-7)13(19)18-12-3-2-8(16)5-9(12)14(20)21/h2-6H,1H3,(H,18,19)(H,20,21). The van der Waals surface area contributed by atoms with Crippen LogP contribution in [0.2, 0.25) is 5.02 Å². The van der Waals surface area contributed by atoms with Crippen LogP contribution in [0.25, 0.3) is 0 Å². The number of carboxylic acid groups (broad SMARTS) is 1. The molecule has 2 N–H and O–H groups in total. The van der Waals surface area contributed by atoms with Gasteiger partial charge in [-0.25, -0.2) is 4.79 Å². The molecule has 0 atom stereocenters. The summed E-state index contributed by atoms with van der Waals surface area (Å²) in [5.41, 5.74) is 1.12. The van der Waals surface area contributed by atoms with E-state index in [2.05, 4.69) is 10.3 Å². The van der Waals surface area contributed by atoms with E-state index >= 15 is 0 Å². The number of aromatic carboxylic acids is 1. The number of amides is 1. The fraction of sp³-hybridized carbons (Fsp3) is 0.0714. The second-order valence-corrected chi connectivity index (χ2v) is 5.91. The Morgan fingerprint density at radius 2 is 2.00 bits per heavy atom. The van der Waals surface area contributed by atoms with Crippen molar-refractivity contribution in [1.29, 1.82) is 0 Å². The van der Waals surface area contributed by atoms with Gasteiger partial charge in [0.25, 0.3) is 5.91 Å². The van der Waals surface area contributed by atoms with Crippen LogP contribution in [0.1, 0.15) is 26.4 Å². The number of nitrogens with one attached hydrogen (secondary N) is 1. The molecule has 0 fully saturated rings. The lowest BCUT2D eigenvalue weighted by atomic mass is 10.1.